The number of rotatable bonds is 10. The van der Waals surface area contributed by atoms with Crippen LogP contribution in [0.4, 0.5) is 0 Å². The molecule has 0 saturated carbocycles. The van der Waals surface area contributed by atoms with E-state index in [1.165, 1.54) is 0 Å². The molecule has 1 fully saturated rings. The molecule has 0 unspecified atom stereocenters. The lowest BCUT2D eigenvalue weighted by atomic mass is 10.1. The quantitative estimate of drug-likeness (QED) is 0.469. The first-order valence-electron chi connectivity index (χ1n) is 10.8. The molecule has 3 aromatic carbocycles. The number of hydrogen-bond donors (Lipinski definition) is 0. The number of hydrogen-bond acceptors (Lipinski definition) is 5. The first kappa shape index (κ1) is 22.2. The predicted molar refractivity (Wildman–Crippen MR) is 120 cm³/mol. The van der Waals surface area contributed by atoms with Crippen LogP contribution >= 0.6 is 0 Å². The van der Waals surface area contributed by atoms with Crippen LogP contribution in [0.1, 0.15) is 16.7 Å². The molecule has 0 spiro atoms. The lowest BCUT2D eigenvalue weighted by Crippen LogP contribution is -2.38. The molecule has 0 aliphatic carbocycles. The minimum Gasteiger partial charge on any atom is -0.374 e. The predicted octanol–water partition coefficient (Wildman–Crippen LogP) is 4.66. The van der Waals surface area contributed by atoms with Crippen molar-refractivity contribution < 1.29 is 18.9 Å². The summed E-state index contributed by atoms with van der Waals surface area (Å²) in [6, 6.07) is 32.1. The lowest BCUT2D eigenvalue weighted by molar-refractivity contribution is -0.0896. The molecule has 0 radical (unpaired) electrons. The Labute approximate surface area is 189 Å². The van der Waals surface area contributed by atoms with Crippen molar-refractivity contribution in [2.24, 2.45) is 0 Å². The van der Waals surface area contributed by atoms with Gasteiger partial charge in [-0.3, -0.25) is 0 Å². The maximum absolute atomic E-state index is 9.71. The molecule has 0 aromatic heterocycles. The Morgan fingerprint density at radius 2 is 1.12 bits per heavy atom. The van der Waals surface area contributed by atoms with Crippen molar-refractivity contribution in [3.8, 4) is 6.07 Å². The third-order valence-electron chi connectivity index (χ3n) is 5.40. The van der Waals surface area contributed by atoms with E-state index in [0.29, 0.717) is 26.4 Å². The molecule has 1 saturated heterocycles. The second-order valence-corrected chi connectivity index (χ2v) is 7.75. The van der Waals surface area contributed by atoms with Crippen LogP contribution in [-0.4, -0.2) is 31.0 Å². The van der Waals surface area contributed by atoms with Gasteiger partial charge in [-0.05, 0) is 16.7 Å². The lowest BCUT2D eigenvalue weighted by Gasteiger charge is -2.24. The highest BCUT2D eigenvalue weighted by Crippen LogP contribution is 2.29. The van der Waals surface area contributed by atoms with Gasteiger partial charge in [0.05, 0.1) is 32.5 Å². The summed E-state index contributed by atoms with van der Waals surface area (Å²) in [5.74, 6) is 0. The number of ether oxygens (including phenoxy) is 4. The van der Waals surface area contributed by atoms with Crippen LogP contribution in [-0.2, 0) is 38.8 Å². The van der Waals surface area contributed by atoms with E-state index in [-0.39, 0.29) is 0 Å². The number of nitriles is 1. The first-order chi connectivity index (χ1) is 15.8. The molecule has 5 nitrogen and oxygen atoms in total. The number of nitrogens with zero attached hydrogens (tertiary/aromatic N) is 1. The maximum atomic E-state index is 9.71. The Bertz CT molecular complexity index is 975. The van der Waals surface area contributed by atoms with E-state index in [0.717, 1.165) is 16.7 Å². The van der Waals surface area contributed by atoms with Crippen LogP contribution < -0.4 is 0 Å². The molecule has 1 aliphatic rings. The molecule has 1 aliphatic heterocycles. The van der Waals surface area contributed by atoms with Crippen LogP contribution in [0, 0.1) is 11.3 Å². The van der Waals surface area contributed by atoms with Crippen molar-refractivity contribution in [1.29, 1.82) is 5.26 Å². The van der Waals surface area contributed by atoms with Gasteiger partial charge in [0.15, 0.2) is 6.10 Å². The van der Waals surface area contributed by atoms with Crippen LogP contribution in [0.25, 0.3) is 0 Å². The zero-order chi connectivity index (χ0) is 22.0. The molecule has 164 valence electrons. The summed E-state index contributed by atoms with van der Waals surface area (Å²) in [6.45, 7) is 1.58. The Morgan fingerprint density at radius 1 is 0.656 bits per heavy atom. The van der Waals surface area contributed by atoms with Gasteiger partial charge in [0.1, 0.15) is 18.3 Å². The van der Waals surface area contributed by atoms with Gasteiger partial charge < -0.3 is 18.9 Å². The average Bonchev–Trinajstić information content (AvgIpc) is 3.19. The number of benzene rings is 3. The summed E-state index contributed by atoms with van der Waals surface area (Å²) in [6.07, 6.45) is -2.04. The van der Waals surface area contributed by atoms with Crippen molar-refractivity contribution in [2.45, 2.75) is 44.2 Å². The summed E-state index contributed by atoms with van der Waals surface area (Å²) in [4.78, 5) is 0. The van der Waals surface area contributed by atoms with Gasteiger partial charge in [0.25, 0.3) is 0 Å². The van der Waals surface area contributed by atoms with Gasteiger partial charge >= 0.3 is 0 Å². The molecule has 3 aromatic rings. The molecule has 1 heterocycles. The molecule has 0 N–H and O–H groups in total. The van der Waals surface area contributed by atoms with Crippen molar-refractivity contribution in [3.05, 3.63) is 108 Å². The molecule has 0 bridgehead atoms. The van der Waals surface area contributed by atoms with E-state index in [9.17, 15) is 5.26 Å². The smallest absolute Gasteiger partial charge is 0.173 e. The zero-order valence-electron chi connectivity index (χ0n) is 17.9. The maximum Gasteiger partial charge on any atom is 0.173 e. The van der Waals surface area contributed by atoms with Crippen LogP contribution in [0.15, 0.2) is 91.0 Å². The highest BCUT2D eigenvalue weighted by Gasteiger charge is 2.46. The molecule has 0 amide bonds. The topological polar surface area (TPSA) is 60.7 Å². The SMILES string of the molecule is N#C[C@@H]1O[C@H](COCc2ccccc2)[C@@H](OCc2ccccc2)[C@@H]1OCc1ccccc1. The first-order valence-corrected chi connectivity index (χ1v) is 10.8. The second kappa shape index (κ2) is 11.6. The van der Waals surface area contributed by atoms with Crippen LogP contribution in [0.2, 0.25) is 0 Å². The average molecular weight is 430 g/mol. The van der Waals surface area contributed by atoms with E-state index >= 15 is 0 Å². The van der Waals surface area contributed by atoms with Crippen LogP contribution in [0.5, 0.6) is 0 Å². The summed E-state index contributed by atoms with van der Waals surface area (Å²) in [5, 5.41) is 9.71. The van der Waals surface area contributed by atoms with Gasteiger partial charge in [0, 0.05) is 0 Å². The molecular weight excluding hydrogens is 402 g/mol. The standard InChI is InChI=1S/C27H27NO4/c28-16-24-26(30-18-22-12-6-2-7-13-22)27(31-19-23-14-8-3-9-15-23)25(32-24)20-29-17-21-10-4-1-5-11-21/h1-15,24-27H,17-20H2/t24-,25+,26+,27+/m0/s1. The van der Waals surface area contributed by atoms with E-state index in [1.807, 2.05) is 91.0 Å². The second-order valence-electron chi connectivity index (χ2n) is 7.75. The minimum absolute atomic E-state index is 0.317. The van der Waals surface area contributed by atoms with Gasteiger partial charge in [0.2, 0.25) is 0 Å². The highest BCUT2D eigenvalue weighted by atomic mass is 16.6. The highest BCUT2D eigenvalue weighted by molar-refractivity contribution is 5.16. The fourth-order valence-corrected chi connectivity index (χ4v) is 3.75. The molecule has 4 atom stereocenters. The Hall–Kier alpha value is -3.01. The largest absolute Gasteiger partial charge is 0.374 e. The van der Waals surface area contributed by atoms with Crippen molar-refractivity contribution in [2.75, 3.05) is 6.61 Å². The normalized spacial score (nSPS) is 22.5. The van der Waals surface area contributed by atoms with Crippen molar-refractivity contribution in [3.63, 3.8) is 0 Å². The third kappa shape index (κ3) is 6.03. The fraction of sp³-hybridized carbons (Fsp3) is 0.296. The van der Waals surface area contributed by atoms with E-state index < -0.39 is 24.4 Å². The molecule has 4 rings (SSSR count). The third-order valence-corrected chi connectivity index (χ3v) is 5.40. The molecule has 32 heavy (non-hydrogen) atoms. The summed E-state index contributed by atoms with van der Waals surface area (Å²) < 4.78 is 24.4. The van der Waals surface area contributed by atoms with Crippen LogP contribution in [0.3, 0.4) is 0 Å². The van der Waals surface area contributed by atoms with Gasteiger partial charge in [-0.1, -0.05) is 91.0 Å². The Kier molecular flexibility index (Phi) is 8.02. The van der Waals surface area contributed by atoms with E-state index in [4.69, 9.17) is 18.9 Å². The van der Waals surface area contributed by atoms with Crippen molar-refractivity contribution in [1.82, 2.24) is 0 Å². The summed E-state index contributed by atoms with van der Waals surface area (Å²) >= 11 is 0. The molecular formula is C27H27NO4. The Morgan fingerprint density at radius 3 is 1.62 bits per heavy atom. The monoisotopic (exact) mass is 429 g/mol. The van der Waals surface area contributed by atoms with Gasteiger partial charge in [-0.25, -0.2) is 0 Å². The van der Waals surface area contributed by atoms with Gasteiger partial charge in [-0.2, -0.15) is 5.26 Å². The summed E-state index contributed by atoms with van der Waals surface area (Å²) in [7, 11) is 0. The summed E-state index contributed by atoms with van der Waals surface area (Å²) in [5.41, 5.74) is 3.18. The minimum atomic E-state index is -0.718. The van der Waals surface area contributed by atoms with Gasteiger partial charge in [-0.15, -0.1) is 0 Å². The fourth-order valence-electron chi connectivity index (χ4n) is 3.75. The van der Waals surface area contributed by atoms with E-state index in [2.05, 4.69) is 6.07 Å². The van der Waals surface area contributed by atoms with E-state index in [1.54, 1.807) is 0 Å². The zero-order valence-corrected chi connectivity index (χ0v) is 17.9. The van der Waals surface area contributed by atoms with Crippen molar-refractivity contribution >= 4 is 0 Å². The molecule has 5 heteroatoms. The Balaban J connectivity index is 1.43.